The molecule has 0 aliphatic carbocycles. The van der Waals surface area contributed by atoms with Crippen molar-refractivity contribution in [2.75, 3.05) is 11.6 Å². The van der Waals surface area contributed by atoms with Crippen LogP contribution in [0.5, 0.6) is 0 Å². The molecule has 20 heavy (non-hydrogen) atoms. The summed E-state index contributed by atoms with van der Waals surface area (Å²) in [6.07, 6.45) is 1.18. The molecule has 5 nitrogen and oxygen atoms in total. The number of nitrogens with one attached hydrogen (secondary N) is 1. The third-order valence-corrected chi connectivity index (χ3v) is 3.82. The molecule has 2 rings (SSSR count). The summed E-state index contributed by atoms with van der Waals surface area (Å²) >= 11 is 0. The highest BCUT2D eigenvalue weighted by Crippen LogP contribution is 2.12. The molecule has 0 bridgehead atoms. The molecule has 0 radical (unpaired) electrons. The van der Waals surface area contributed by atoms with Crippen molar-refractivity contribution in [1.29, 1.82) is 5.26 Å². The van der Waals surface area contributed by atoms with E-state index >= 15 is 0 Å². The maximum absolute atomic E-state index is 11.3. The smallest absolute Gasteiger partial charge is 0.175 e. The van der Waals surface area contributed by atoms with Crippen LogP contribution in [-0.2, 0) is 16.4 Å². The Hall–Kier alpha value is -2.39. The number of aromatic nitrogens is 1. The van der Waals surface area contributed by atoms with Gasteiger partial charge in [-0.1, -0.05) is 18.2 Å². The Morgan fingerprint density at radius 3 is 2.50 bits per heavy atom. The molecule has 1 aromatic carbocycles. The summed E-state index contributed by atoms with van der Waals surface area (Å²) in [7, 11) is -3.16. The Morgan fingerprint density at radius 2 is 1.90 bits per heavy atom. The largest absolute Gasteiger partial charge is 0.366 e. The number of nitriles is 1. The molecule has 0 saturated heterocycles. The quantitative estimate of drug-likeness (QED) is 0.929. The molecule has 102 valence electrons. The van der Waals surface area contributed by atoms with Crippen LogP contribution in [0.25, 0.3) is 0 Å². The third kappa shape index (κ3) is 3.56. The Balaban J connectivity index is 2.06. The summed E-state index contributed by atoms with van der Waals surface area (Å²) in [4.78, 5) is 4.39. The summed E-state index contributed by atoms with van der Waals surface area (Å²) in [5.41, 5.74) is 1.28. The van der Waals surface area contributed by atoms with E-state index in [1.807, 2.05) is 6.07 Å². The summed E-state index contributed by atoms with van der Waals surface area (Å²) in [5, 5.41) is 11.8. The van der Waals surface area contributed by atoms with E-state index in [-0.39, 0.29) is 0 Å². The Morgan fingerprint density at radius 1 is 1.20 bits per heavy atom. The number of hydrogen-bond donors (Lipinski definition) is 1. The molecule has 0 aliphatic rings. The lowest BCUT2D eigenvalue weighted by Gasteiger charge is -2.06. The van der Waals surface area contributed by atoms with Crippen molar-refractivity contribution in [2.24, 2.45) is 0 Å². The molecular formula is C14H13N3O2S. The first-order chi connectivity index (χ1) is 9.49. The SMILES string of the molecule is CS(=O)(=O)c1ccc(CNc2cccc(C#N)n2)cc1. The zero-order chi connectivity index (χ0) is 14.6. The zero-order valence-electron chi connectivity index (χ0n) is 10.9. The Labute approximate surface area is 117 Å². The molecular weight excluding hydrogens is 274 g/mol. The molecule has 0 fully saturated rings. The third-order valence-electron chi connectivity index (χ3n) is 2.69. The van der Waals surface area contributed by atoms with E-state index in [4.69, 9.17) is 5.26 Å². The topological polar surface area (TPSA) is 82.9 Å². The summed E-state index contributed by atoms with van der Waals surface area (Å²) < 4.78 is 22.7. The highest BCUT2D eigenvalue weighted by atomic mass is 32.2. The monoisotopic (exact) mass is 287 g/mol. The molecule has 0 aliphatic heterocycles. The number of pyridine rings is 1. The van der Waals surface area contributed by atoms with Crippen LogP contribution in [0.15, 0.2) is 47.4 Å². The van der Waals surface area contributed by atoms with Crippen molar-refractivity contribution >= 4 is 15.7 Å². The number of benzene rings is 1. The van der Waals surface area contributed by atoms with Crippen LogP contribution < -0.4 is 5.32 Å². The van der Waals surface area contributed by atoms with Crippen LogP contribution in [0.3, 0.4) is 0 Å². The van der Waals surface area contributed by atoms with Gasteiger partial charge >= 0.3 is 0 Å². The Bertz CT molecular complexity index is 747. The molecule has 0 unspecified atom stereocenters. The maximum atomic E-state index is 11.3. The molecule has 1 heterocycles. The second kappa shape index (κ2) is 5.72. The van der Waals surface area contributed by atoms with E-state index in [1.165, 1.54) is 6.26 Å². The number of sulfone groups is 1. The first kappa shape index (κ1) is 14.0. The second-order valence-electron chi connectivity index (χ2n) is 4.29. The summed E-state index contributed by atoms with van der Waals surface area (Å²) in [6, 6.07) is 13.8. The van der Waals surface area contributed by atoms with Crippen LogP contribution in [-0.4, -0.2) is 19.7 Å². The molecule has 2 aromatic rings. The van der Waals surface area contributed by atoms with Gasteiger partial charge in [0.2, 0.25) is 0 Å². The molecule has 1 aromatic heterocycles. The molecule has 0 spiro atoms. The van der Waals surface area contributed by atoms with Gasteiger partial charge in [0.1, 0.15) is 17.6 Å². The summed E-state index contributed by atoms with van der Waals surface area (Å²) in [6.45, 7) is 0.506. The van der Waals surface area contributed by atoms with Crippen molar-refractivity contribution in [2.45, 2.75) is 11.4 Å². The highest BCUT2D eigenvalue weighted by Gasteiger charge is 2.06. The van der Waals surface area contributed by atoms with E-state index in [1.54, 1.807) is 42.5 Å². The minimum atomic E-state index is -3.16. The van der Waals surface area contributed by atoms with E-state index in [2.05, 4.69) is 10.3 Å². The minimum absolute atomic E-state index is 0.297. The van der Waals surface area contributed by atoms with Crippen molar-refractivity contribution in [3.05, 3.63) is 53.7 Å². The number of anilines is 1. The molecule has 0 amide bonds. The zero-order valence-corrected chi connectivity index (χ0v) is 11.7. The van der Waals surface area contributed by atoms with Crippen molar-refractivity contribution < 1.29 is 8.42 Å². The van der Waals surface area contributed by atoms with E-state index < -0.39 is 9.84 Å². The van der Waals surface area contributed by atoms with Crippen LogP contribution in [0, 0.1) is 11.3 Å². The van der Waals surface area contributed by atoms with Gasteiger partial charge in [0.15, 0.2) is 9.84 Å². The fourth-order valence-corrected chi connectivity index (χ4v) is 2.27. The predicted molar refractivity (Wildman–Crippen MR) is 75.8 cm³/mol. The normalized spacial score (nSPS) is 10.8. The number of nitrogens with zero attached hydrogens (tertiary/aromatic N) is 2. The van der Waals surface area contributed by atoms with Crippen LogP contribution in [0.4, 0.5) is 5.82 Å². The molecule has 0 saturated carbocycles. The molecule has 1 N–H and O–H groups in total. The first-order valence-corrected chi connectivity index (χ1v) is 7.78. The molecule has 6 heteroatoms. The van der Waals surface area contributed by atoms with Crippen molar-refractivity contribution in [3.8, 4) is 6.07 Å². The number of rotatable bonds is 4. The second-order valence-corrected chi connectivity index (χ2v) is 6.31. The standard InChI is InChI=1S/C14H13N3O2S/c1-20(18,19)13-7-5-11(6-8-13)10-16-14-4-2-3-12(9-15)17-14/h2-8H,10H2,1H3,(H,16,17). The van der Waals surface area contributed by atoms with Gasteiger partial charge in [-0.3, -0.25) is 0 Å². The van der Waals surface area contributed by atoms with Gasteiger partial charge in [-0.15, -0.1) is 0 Å². The van der Waals surface area contributed by atoms with Gasteiger partial charge in [-0.05, 0) is 29.8 Å². The summed E-state index contributed by atoms with van der Waals surface area (Å²) in [5.74, 6) is 0.608. The van der Waals surface area contributed by atoms with Gasteiger partial charge in [0.05, 0.1) is 4.90 Å². The van der Waals surface area contributed by atoms with Gasteiger partial charge in [-0.25, -0.2) is 13.4 Å². The number of hydrogen-bond acceptors (Lipinski definition) is 5. The maximum Gasteiger partial charge on any atom is 0.175 e. The van der Waals surface area contributed by atoms with Crippen LogP contribution in [0.1, 0.15) is 11.3 Å². The Kier molecular flexibility index (Phi) is 4.01. The van der Waals surface area contributed by atoms with E-state index in [0.717, 1.165) is 5.56 Å². The molecule has 0 atom stereocenters. The first-order valence-electron chi connectivity index (χ1n) is 5.89. The van der Waals surface area contributed by atoms with E-state index in [9.17, 15) is 8.42 Å². The minimum Gasteiger partial charge on any atom is -0.366 e. The lowest BCUT2D eigenvalue weighted by Crippen LogP contribution is -2.03. The van der Waals surface area contributed by atoms with Gasteiger partial charge < -0.3 is 5.32 Å². The average Bonchev–Trinajstić information content (AvgIpc) is 2.45. The van der Waals surface area contributed by atoms with Crippen molar-refractivity contribution in [3.63, 3.8) is 0 Å². The lowest BCUT2D eigenvalue weighted by atomic mass is 10.2. The van der Waals surface area contributed by atoms with Crippen molar-refractivity contribution in [1.82, 2.24) is 4.98 Å². The highest BCUT2D eigenvalue weighted by molar-refractivity contribution is 7.90. The lowest BCUT2D eigenvalue weighted by molar-refractivity contribution is 0.602. The average molecular weight is 287 g/mol. The fraction of sp³-hybridized carbons (Fsp3) is 0.143. The van der Waals surface area contributed by atoms with Crippen LogP contribution >= 0.6 is 0 Å². The fourth-order valence-electron chi connectivity index (χ4n) is 1.64. The van der Waals surface area contributed by atoms with Gasteiger partial charge in [0.25, 0.3) is 0 Å². The van der Waals surface area contributed by atoms with Gasteiger partial charge in [-0.2, -0.15) is 5.26 Å². The van der Waals surface area contributed by atoms with E-state index in [0.29, 0.717) is 23.0 Å². The predicted octanol–water partition coefficient (Wildman–Crippen LogP) is 1.97. The van der Waals surface area contributed by atoms with Crippen LogP contribution in [0.2, 0.25) is 0 Å². The van der Waals surface area contributed by atoms with Gasteiger partial charge in [0, 0.05) is 12.8 Å².